The summed E-state index contributed by atoms with van der Waals surface area (Å²) in [5.41, 5.74) is 2.25. The van der Waals surface area contributed by atoms with Crippen LogP contribution < -0.4 is 5.32 Å². The molecular formula is C16H27NO2. The predicted octanol–water partition coefficient (Wildman–Crippen LogP) is 2.90. The molecule has 0 spiro atoms. The van der Waals surface area contributed by atoms with E-state index in [9.17, 15) is 10.2 Å². The molecule has 19 heavy (non-hydrogen) atoms. The zero-order chi connectivity index (χ0) is 14.6. The lowest BCUT2D eigenvalue weighted by atomic mass is 9.94. The van der Waals surface area contributed by atoms with Gasteiger partial charge in [-0.1, -0.05) is 26.0 Å². The second-order valence-electron chi connectivity index (χ2n) is 6.28. The fraction of sp³-hybridized carbons (Fsp3) is 0.625. The van der Waals surface area contributed by atoms with Crippen molar-refractivity contribution in [1.82, 2.24) is 5.32 Å². The van der Waals surface area contributed by atoms with E-state index in [0.29, 0.717) is 24.8 Å². The van der Waals surface area contributed by atoms with Crippen molar-refractivity contribution in [2.24, 2.45) is 5.92 Å². The average molecular weight is 265 g/mol. The zero-order valence-corrected chi connectivity index (χ0v) is 12.7. The van der Waals surface area contributed by atoms with Gasteiger partial charge in [0.05, 0.1) is 5.60 Å². The van der Waals surface area contributed by atoms with Crippen LogP contribution in [0, 0.1) is 19.8 Å². The summed E-state index contributed by atoms with van der Waals surface area (Å²) >= 11 is 0. The third-order valence-electron chi connectivity index (χ3n) is 3.23. The van der Waals surface area contributed by atoms with Crippen LogP contribution in [0.5, 0.6) is 5.75 Å². The van der Waals surface area contributed by atoms with E-state index in [1.54, 1.807) is 0 Å². The Morgan fingerprint density at radius 1 is 1.21 bits per heavy atom. The summed E-state index contributed by atoms with van der Waals surface area (Å²) < 4.78 is 0. The Morgan fingerprint density at radius 3 is 2.21 bits per heavy atom. The molecule has 1 aromatic rings. The third-order valence-corrected chi connectivity index (χ3v) is 3.23. The number of nitrogens with one attached hydrogen (secondary N) is 1. The maximum atomic E-state index is 10.2. The van der Waals surface area contributed by atoms with E-state index in [2.05, 4.69) is 19.2 Å². The van der Waals surface area contributed by atoms with Gasteiger partial charge >= 0.3 is 0 Å². The van der Waals surface area contributed by atoms with Crippen LogP contribution in [0.1, 0.15) is 43.9 Å². The van der Waals surface area contributed by atoms with Crippen molar-refractivity contribution in [3.63, 3.8) is 0 Å². The molecule has 0 saturated heterocycles. The molecule has 1 aromatic carbocycles. The number of rotatable bonds is 6. The summed E-state index contributed by atoms with van der Waals surface area (Å²) in [7, 11) is 0. The molecular weight excluding hydrogens is 238 g/mol. The molecule has 1 rings (SSSR count). The summed E-state index contributed by atoms with van der Waals surface area (Å²) in [6.45, 7) is 11.2. The van der Waals surface area contributed by atoms with Crippen molar-refractivity contribution in [2.75, 3.05) is 6.54 Å². The topological polar surface area (TPSA) is 52.5 Å². The van der Waals surface area contributed by atoms with Gasteiger partial charge in [0.2, 0.25) is 0 Å². The van der Waals surface area contributed by atoms with E-state index in [-0.39, 0.29) is 0 Å². The van der Waals surface area contributed by atoms with Crippen LogP contribution in [0.4, 0.5) is 0 Å². The number of phenolic OH excluding ortho intramolecular Hbond substituents is 1. The van der Waals surface area contributed by atoms with E-state index in [1.165, 1.54) is 0 Å². The third kappa shape index (κ3) is 5.21. The maximum Gasteiger partial charge on any atom is 0.121 e. The molecule has 3 nitrogen and oxygen atoms in total. The first-order valence-electron chi connectivity index (χ1n) is 6.93. The molecule has 0 radical (unpaired) electrons. The Morgan fingerprint density at radius 2 is 1.74 bits per heavy atom. The molecule has 0 aliphatic carbocycles. The van der Waals surface area contributed by atoms with E-state index in [4.69, 9.17) is 0 Å². The first-order valence-corrected chi connectivity index (χ1v) is 6.93. The van der Waals surface area contributed by atoms with E-state index in [0.717, 1.165) is 23.1 Å². The van der Waals surface area contributed by atoms with E-state index in [1.807, 2.05) is 32.9 Å². The quantitative estimate of drug-likeness (QED) is 0.741. The first-order chi connectivity index (χ1) is 8.71. The highest BCUT2D eigenvalue weighted by Gasteiger charge is 2.21. The lowest BCUT2D eigenvalue weighted by molar-refractivity contribution is 0.0383. The SMILES string of the molecule is Cc1cc(CNCC(C)(O)CC(C)C)cc(C)c1O. The van der Waals surface area contributed by atoms with Gasteiger partial charge < -0.3 is 15.5 Å². The van der Waals surface area contributed by atoms with Crippen molar-refractivity contribution in [1.29, 1.82) is 0 Å². The average Bonchev–Trinajstić information content (AvgIpc) is 2.23. The van der Waals surface area contributed by atoms with Crippen molar-refractivity contribution < 1.29 is 10.2 Å². The Labute approximate surface area is 116 Å². The van der Waals surface area contributed by atoms with Crippen LogP contribution in [0.3, 0.4) is 0 Å². The van der Waals surface area contributed by atoms with Crippen molar-refractivity contribution >= 4 is 0 Å². The largest absolute Gasteiger partial charge is 0.507 e. The van der Waals surface area contributed by atoms with Crippen LogP contribution in [0.15, 0.2) is 12.1 Å². The van der Waals surface area contributed by atoms with Crippen molar-refractivity contribution in [2.45, 2.75) is 53.2 Å². The fourth-order valence-electron chi connectivity index (χ4n) is 2.58. The number of hydrogen-bond donors (Lipinski definition) is 3. The highest BCUT2D eigenvalue weighted by atomic mass is 16.3. The minimum absolute atomic E-state index is 0.371. The van der Waals surface area contributed by atoms with Crippen LogP contribution in [-0.2, 0) is 6.54 Å². The predicted molar refractivity (Wildman–Crippen MR) is 79.4 cm³/mol. The Hall–Kier alpha value is -1.06. The zero-order valence-electron chi connectivity index (χ0n) is 12.7. The normalized spacial score (nSPS) is 14.7. The molecule has 0 aliphatic rings. The highest BCUT2D eigenvalue weighted by Crippen LogP contribution is 2.23. The van der Waals surface area contributed by atoms with E-state index >= 15 is 0 Å². The molecule has 0 aromatic heterocycles. The monoisotopic (exact) mass is 265 g/mol. The van der Waals surface area contributed by atoms with E-state index < -0.39 is 5.60 Å². The molecule has 0 saturated carbocycles. The molecule has 0 amide bonds. The molecule has 0 heterocycles. The van der Waals surface area contributed by atoms with Crippen molar-refractivity contribution in [3.05, 3.63) is 28.8 Å². The number of aromatic hydroxyl groups is 1. The van der Waals surface area contributed by atoms with Crippen LogP contribution in [-0.4, -0.2) is 22.4 Å². The second-order valence-corrected chi connectivity index (χ2v) is 6.28. The first kappa shape index (κ1) is 16.0. The maximum absolute atomic E-state index is 10.2. The summed E-state index contributed by atoms with van der Waals surface area (Å²) in [4.78, 5) is 0. The molecule has 3 heteroatoms. The molecule has 1 unspecified atom stereocenters. The second kappa shape index (κ2) is 6.40. The molecule has 1 atom stereocenters. The van der Waals surface area contributed by atoms with Crippen LogP contribution in [0.2, 0.25) is 0 Å². The molecule has 0 fully saturated rings. The van der Waals surface area contributed by atoms with Gasteiger partial charge in [-0.05, 0) is 49.8 Å². The van der Waals surface area contributed by atoms with Gasteiger partial charge in [-0.15, -0.1) is 0 Å². The summed E-state index contributed by atoms with van der Waals surface area (Å²) in [5.74, 6) is 0.852. The fourth-order valence-corrected chi connectivity index (χ4v) is 2.58. The Balaban J connectivity index is 2.54. The lowest BCUT2D eigenvalue weighted by Crippen LogP contribution is -2.38. The number of hydrogen-bond acceptors (Lipinski definition) is 3. The van der Waals surface area contributed by atoms with Crippen LogP contribution in [0.25, 0.3) is 0 Å². The van der Waals surface area contributed by atoms with Gasteiger partial charge in [0.1, 0.15) is 5.75 Å². The van der Waals surface area contributed by atoms with Crippen LogP contribution >= 0.6 is 0 Å². The number of aryl methyl sites for hydroxylation is 2. The minimum atomic E-state index is -0.671. The van der Waals surface area contributed by atoms with Crippen molar-refractivity contribution in [3.8, 4) is 5.75 Å². The smallest absolute Gasteiger partial charge is 0.121 e. The van der Waals surface area contributed by atoms with Gasteiger partial charge in [0, 0.05) is 13.1 Å². The lowest BCUT2D eigenvalue weighted by Gasteiger charge is -2.25. The van der Waals surface area contributed by atoms with Gasteiger partial charge in [-0.3, -0.25) is 0 Å². The number of phenols is 1. The molecule has 3 N–H and O–H groups in total. The standard InChI is InChI=1S/C16H27NO2/c1-11(2)8-16(5,19)10-17-9-14-6-12(3)15(18)13(4)7-14/h6-7,11,17-19H,8-10H2,1-5H3. The summed E-state index contributed by atoms with van der Waals surface area (Å²) in [6.07, 6.45) is 0.785. The van der Waals surface area contributed by atoms with Gasteiger partial charge in [0.15, 0.2) is 0 Å². The summed E-state index contributed by atoms with van der Waals surface area (Å²) in [5, 5.41) is 23.2. The number of aliphatic hydroxyl groups is 1. The molecule has 0 bridgehead atoms. The molecule has 0 aliphatic heterocycles. The Kier molecular flexibility index (Phi) is 5.39. The van der Waals surface area contributed by atoms with Gasteiger partial charge in [-0.25, -0.2) is 0 Å². The number of benzene rings is 1. The Bertz CT molecular complexity index is 402. The highest BCUT2D eigenvalue weighted by molar-refractivity contribution is 5.42. The van der Waals surface area contributed by atoms with Gasteiger partial charge in [0.25, 0.3) is 0 Å². The summed E-state index contributed by atoms with van der Waals surface area (Å²) in [6, 6.07) is 3.96. The molecule has 108 valence electrons. The minimum Gasteiger partial charge on any atom is -0.507 e. The van der Waals surface area contributed by atoms with Gasteiger partial charge in [-0.2, -0.15) is 0 Å².